The van der Waals surface area contributed by atoms with Gasteiger partial charge >= 0.3 is 12.2 Å². The maximum Gasteiger partial charge on any atom is 0.412 e. The zero-order chi connectivity index (χ0) is 42.7. The molecular weight excluding hydrogens is 775 g/mol. The molecule has 3 aliphatic rings. The first-order valence-electron chi connectivity index (χ1n) is 21.2. The van der Waals surface area contributed by atoms with Crippen molar-refractivity contribution >= 4 is 17.9 Å². The summed E-state index contributed by atoms with van der Waals surface area (Å²) in [5, 5.41) is 36.5. The summed E-state index contributed by atoms with van der Waals surface area (Å²) < 4.78 is 37.3. The number of allylic oxidation sites excluding steroid dienone is 1. The molecule has 2 amide bonds. The molecule has 1 aliphatic heterocycles. The molecule has 6 atom stereocenters. The van der Waals surface area contributed by atoms with Gasteiger partial charge in [0, 0.05) is 44.2 Å². The minimum atomic E-state index is -1.53. The molecule has 1 heterocycles. The Bertz CT molecular complexity index is 1720. The Kier molecular flexibility index (Phi) is 18.7. The van der Waals surface area contributed by atoms with Gasteiger partial charge in [0.15, 0.2) is 0 Å². The summed E-state index contributed by atoms with van der Waals surface area (Å²) in [6.45, 7) is 6.88. The number of fused-ring (bicyclic) bond motifs is 2. The highest BCUT2D eigenvalue weighted by Gasteiger charge is 2.65. The maximum atomic E-state index is 14.5. The van der Waals surface area contributed by atoms with Crippen LogP contribution in [0.2, 0.25) is 0 Å². The van der Waals surface area contributed by atoms with E-state index in [4.69, 9.17) is 33.3 Å². The predicted octanol–water partition coefficient (Wildman–Crippen LogP) is 5.72. The molecule has 2 aromatic rings. The van der Waals surface area contributed by atoms with Crippen molar-refractivity contribution in [1.82, 2.24) is 10.2 Å². The summed E-state index contributed by atoms with van der Waals surface area (Å²) in [5.74, 6) is -1.61. The smallest absolute Gasteiger partial charge is 0.412 e. The number of aliphatic hydroxyl groups excluding tert-OH is 3. The lowest BCUT2D eigenvalue weighted by Crippen LogP contribution is -2.70. The Morgan fingerprint density at radius 3 is 2.48 bits per heavy atom. The average molecular weight is 838 g/mol. The molecule has 330 valence electrons. The molecule has 2 aliphatic carbocycles. The second-order valence-electron chi connectivity index (χ2n) is 15.1. The van der Waals surface area contributed by atoms with Gasteiger partial charge in [0.25, 0.3) is 0 Å². The van der Waals surface area contributed by atoms with Crippen LogP contribution >= 0.6 is 0 Å². The summed E-state index contributed by atoms with van der Waals surface area (Å²) in [6, 6.07) is 14.2. The Balaban J connectivity index is 1.64. The van der Waals surface area contributed by atoms with Crippen LogP contribution in [0.3, 0.4) is 0 Å². The molecule has 2 aromatic carbocycles. The van der Waals surface area contributed by atoms with Gasteiger partial charge in [0.05, 0.1) is 51.3 Å². The van der Waals surface area contributed by atoms with Crippen LogP contribution in [0.5, 0.6) is 11.5 Å². The normalized spacial score (nSPS) is 23.4. The van der Waals surface area contributed by atoms with Crippen molar-refractivity contribution in [2.75, 3.05) is 73.1 Å². The van der Waals surface area contributed by atoms with Crippen LogP contribution in [0.1, 0.15) is 68.9 Å². The lowest BCUT2D eigenvalue weighted by Gasteiger charge is -2.59. The standard InChI is InChI=1S/C45H63N3O12/c1-4-23-58-45-40(48(19-24-55-25-22-51)44(53)57-27-26-56-31-32-13-7-6-8-14-32)30-38(47-54-3)36-28-33(15-9-11-20-49)35(16-10-12-21-50)41(42(36)45)37-29-34(17-18-39(37)60-45)59-43(52)46-5-2/h4,6-8,13-14,17-18,28-29,33,35,40-42,49-51H,1,5,9-12,15-16,19-27,30-31H2,2-3H3,(H,46,52). The van der Waals surface area contributed by atoms with E-state index in [9.17, 15) is 24.9 Å². The quantitative estimate of drug-likeness (QED) is 0.0542. The Labute approximate surface area is 353 Å². The maximum absolute atomic E-state index is 14.5. The molecule has 5 rings (SSSR count). The first-order valence-corrected chi connectivity index (χ1v) is 21.2. The van der Waals surface area contributed by atoms with Gasteiger partial charge < -0.3 is 53.9 Å². The molecular formula is C45H63N3O12. The van der Waals surface area contributed by atoms with Crippen molar-refractivity contribution in [1.29, 1.82) is 0 Å². The Morgan fingerprint density at radius 1 is 0.983 bits per heavy atom. The molecule has 0 radical (unpaired) electrons. The van der Waals surface area contributed by atoms with Crippen LogP contribution in [0.4, 0.5) is 9.59 Å². The number of nitrogens with zero attached hydrogens (tertiary/aromatic N) is 2. The zero-order valence-electron chi connectivity index (χ0n) is 35.0. The SMILES string of the molecule is C=CCOC12Oc3ccc(OC(=O)NCC)cc3C3C(CCCCO)C(CCCCO)C=C(C(=NOC)CC1N(CCOCCO)C(=O)OCCOCc1ccccc1)C32. The minimum Gasteiger partial charge on any atom is -0.459 e. The summed E-state index contributed by atoms with van der Waals surface area (Å²) >= 11 is 0. The minimum absolute atomic E-state index is 0.0185. The van der Waals surface area contributed by atoms with Gasteiger partial charge in [0.1, 0.15) is 31.3 Å². The number of amides is 2. The zero-order valence-corrected chi connectivity index (χ0v) is 35.0. The second kappa shape index (κ2) is 24.1. The predicted molar refractivity (Wildman–Crippen MR) is 224 cm³/mol. The third-order valence-corrected chi connectivity index (χ3v) is 11.3. The summed E-state index contributed by atoms with van der Waals surface area (Å²) in [6.07, 6.45) is 7.09. The van der Waals surface area contributed by atoms with Crippen LogP contribution in [0.15, 0.2) is 78.0 Å². The van der Waals surface area contributed by atoms with Crippen LogP contribution < -0.4 is 14.8 Å². The number of nitrogens with one attached hydrogen (secondary N) is 1. The molecule has 0 spiro atoms. The van der Waals surface area contributed by atoms with Crippen LogP contribution in [0, 0.1) is 17.8 Å². The molecule has 4 N–H and O–H groups in total. The van der Waals surface area contributed by atoms with Gasteiger partial charge in [-0.25, -0.2) is 9.59 Å². The highest BCUT2D eigenvalue weighted by atomic mass is 16.7. The van der Waals surface area contributed by atoms with Crippen molar-refractivity contribution < 1.29 is 58.2 Å². The van der Waals surface area contributed by atoms with Crippen LogP contribution in [0.25, 0.3) is 0 Å². The highest BCUT2D eigenvalue weighted by Crippen LogP contribution is 2.62. The fourth-order valence-corrected chi connectivity index (χ4v) is 8.85. The second-order valence-corrected chi connectivity index (χ2v) is 15.1. The van der Waals surface area contributed by atoms with Crippen molar-refractivity contribution in [3.05, 3.63) is 84.0 Å². The van der Waals surface area contributed by atoms with E-state index in [0.717, 1.165) is 42.4 Å². The highest BCUT2D eigenvalue weighted by molar-refractivity contribution is 6.03. The Hall–Kier alpha value is -4.51. The molecule has 1 saturated carbocycles. The Morgan fingerprint density at radius 2 is 1.77 bits per heavy atom. The number of unbranched alkanes of at least 4 members (excludes halogenated alkanes) is 2. The van der Waals surface area contributed by atoms with Crippen LogP contribution in [-0.4, -0.2) is 123 Å². The van der Waals surface area contributed by atoms with Crippen LogP contribution in [-0.2, 0) is 30.4 Å². The van der Waals surface area contributed by atoms with E-state index in [-0.39, 0.29) is 83.6 Å². The van der Waals surface area contributed by atoms with Gasteiger partial charge in [-0.3, -0.25) is 4.90 Å². The number of carbonyl (C=O) groups is 2. The number of rotatable bonds is 25. The first-order chi connectivity index (χ1) is 29.3. The van der Waals surface area contributed by atoms with Gasteiger partial charge in [-0.1, -0.05) is 60.5 Å². The fourth-order valence-electron chi connectivity index (χ4n) is 8.85. The van der Waals surface area contributed by atoms with E-state index in [1.807, 2.05) is 43.3 Å². The van der Waals surface area contributed by atoms with E-state index in [1.54, 1.807) is 23.1 Å². The van der Waals surface area contributed by atoms with E-state index in [1.165, 1.54) is 7.11 Å². The molecule has 0 aromatic heterocycles. The molecule has 0 saturated heterocycles. The summed E-state index contributed by atoms with van der Waals surface area (Å²) in [7, 11) is 1.48. The first kappa shape index (κ1) is 46.6. The lowest BCUT2D eigenvalue weighted by atomic mass is 9.55. The average Bonchev–Trinajstić information content (AvgIpc) is 3.25. The van der Waals surface area contributed by atoms with Crippen molar-refractivity contribution in [3.63, 3.8) is 0 Å². The van der Waals surface area contributed by atoms with Crippen molar-refractivity contribution in [3.8, 4) is 11.5 Å². The lowest BCUT2D eigenvalue weighted by molar-refractivity contribution is -0.256. The van der Waals surface area contributed by atoms with Gasteiger partial charge in [-0.05, 0) is 73.8 Å². The van der Waals surface area contributed by atoms with Gasteiger partial charge in [-0.15, -0.1) is 6.58 Å². The molecule has 1 fully saturated rings. The third kappa shape index (κ3) is 11.6. The molecule has 15 nitrogen and oxygen atoms in total. The number of oxime groups is 1. The van der Waals surface area contributed by atoms with Gasteiger partial charge in [0.2, 0.25) is 5.79 Å². The monoisotopic (exact) mass is 837 g/mol. The largest absolute Gasteiger partial charge is 0.459 e. The number of ether oxygens (including phenoxy) is 6. The third-order valence-electron chi connectivity index (χ3n) is 11.3. The van der Waals surface area contributed by atoms with E-state index < -0.39 is 29.9 Å². The molecule has 60 heavy (non-hydrogen) atoms. The van der Waals surface area contributed by atoms with Crippen molar-refractivity contribution in [2.45, 2.75) is 76.2 Å². The fraction of sp³-hybridized carbons (Fsp3) is 0.578. The number of hydrogen-bond acceptors (Lipinski definition) is 13. The number of carbonyl (C=O) groups excluding carboxylic acids is 2. The number of aliphatic hydroxyl groups is 3. The van der Waals surface area contributed by atoms with E-state index >= 15 is 0 Å². The van der Waals surface area contributed by atoms with E-state index in [2.05, 4.69) is 23.1 Å². The number of hydrogen-bond donors (Lipinski definition) is 4. The van der Waals surface area contributed by atoms with E-state index in [0.29, 0.717) is 43.2 Å². The van der Waals surface area contributed by atoms with Gasteiger partial charge in [-0.2, -0.15) is 0 Å². The van der Waals surface area contributed by atoms with Crippen molar-refractivity contribution in [2.24, 2.45) is 22.9 Å². The molecule has 6 unspecified atom stereocenters. The molecule has 0 bridgehead atoms. The topological polar surface area (TPSA) is 187 Å². The molecule has 15 heteroatoms. The summed E-state index contributed by atoms with van der Waals surface area (Å²) in [5.41, 5.74) is 3.27. The summed E-state index contributed by atoms with van der Waals surface area (Å²) in [4.78, 5) is 34.2. The number of benzene rings is 2.